The van der Waals surface area contributed by atoms with E-state index in [0.717, 1.165) is 23.3 Å². The van der Waals surface area contributed by atoms with Crippen molar-refractivity contribution in [2.75, 3.05) is 0 Å². The van der Waals surface area contributed by atoms with Crippen LogP contribution in [-0.2, 0) is 0 Å². The monoisotopic (exact) mass is 381 g/mol. The molecule has 0 saturated heterocycles. The molecule has 0 spiro atoms. The van der Waals surface area contributed by atoms with Crippen molar-refractivity contribution < 1.29 is 0 Å². The smallest absolute Gasteiger partial charge is 0.187 e. The highest BCUT2D eigenvalue weighted by atomic mass is 35.5. The van der Waals surface area contributed by atoms with Crippen molar-refractivity contribution in [3.8, 4) is 0 Å². The molecule has 0 aliphatic heterocycles. The average molecular weight is 382 g/mol. The van der Waals surface area contributed by atoms with Gasteiger partial charge >= 0.3 is 0 Å². The Bertz CT molecular complexity index is 633. The summed E-state index contributed by atoms with van der Waals surface area (Å²) in [4.78, 5) is 0. The second-order valence-corrected chi connectivity index (χ2v) is 9.01. The van der Waals surface area contributed by atoms with E-state index in [0.29, 0.717) is 15.2 Å². The second kappa shape index (κ2) is 6.47. The SMILES string of the molecule is S=C(NN=Cc1cc(Cl)cc(Cl)c1)NC12CC3CC(CC(C3)C1)C2. The lowest BCUT2D eigenvalue weighted by molar-refractivity contribution is -0.0101. The van der Waals surface area contributed by atoms with Crippen LogP contribution in [0.15, 0.2) is 23.3 Å². The number of rotatable bonds is 3. The van der Waals surface area contributed by atoms with Crippen molar-refractivity contribution in [2.24, 2.45) is 22.9 Å². The molecule has 2 N–H and O–H groups in total. The maximum atomic E-state index is 5.99. The maximum absolute atomic E-state index is 5.99. The van der Waals surface area contributed by atoms with Crippen molar-refractivity contribution in [1.82, 2.24) is 10.7 Å². The zero-order valence-electron chi connectivity index (χ0n) is 13.4. The summed E-state index contributed by atoms with van der Waals surface area (Å²) in [5, 5.41) is 9.62. The van der Waals surface area contributed by atoms with Crippen LogP contribution in [0.4, 0.5) is 0 Å². The highest BCUT2D eigenvalue weighted by molar-refractivity contribution is 7.80. The number of thiocarbonyl (C=S) groups is 1. The summed E-state index contributed by atoms with van der Waals surface area (Å²) in [5.41, 5.74) is 4.00. The molecule has 24 heavy (non-hydrogen) atoms. The van der Waals surface area contributed by atoms with Gasteiger partial charge in [-0.25, -0.2) is 0 Å². The summed E-state index contributed by atoms with van der Waals surface area (Å²) in [7, 11) is 0. The first-order chi connectivity index (χ1) is 11.5. The Morgan fingerprint density at radius 2 is 1.58 bits per heavy atom. The molecule has 0 unspecified atom stereocenters. The molecule has 0 heterocycles. The highest BCUT2D eigenvalue weighted by Crippen LogP contribution is 2.55. The Labute approximate surface area is 158 Å². The number of halogens is 2. The summed E-state index contributed by atoms with van der Waals surface area (Å²) < 4.78 is 0. The van der Waals surface area contributed by atoms with Crippen molar-refractivity contribution in [2.45, 2.75) is 44.1 Å². The van der Waals surface area contributed by atoms with Crippen LogP contribution in [-0.4, -0.2) is 16.9 Å². The molecule has 5 rings (SSSR count). The van der Waals surface area contributed by atoms with E-state index in [1.807, 2.05) is 12.1 Å². The summed E-state index contributed by atoms with van der Waals surface area (Å²) in [6.45, 7) is 0. The predicted molar refractivity (Wildman–Crippen MR) is 104 cm³/mol. The van der Waals surface area contributed by atoms with Crippen LogP contribution in [0.3, 0.4) is 0 Å². The predicted octanol–water partition coefficient (Wildman–Crippen LogP) is 4.76. The van der Waals surface area contributed by atoms with Gasteiger partial charge in [0.15, 0.2) is 5.11 Å². The van der Waals surface area contributed by atoms with Crippen molar-refractivity contribution in [3.05, 3.63) is 33.8 Å². The molecule has 4 saturated carbocycles. The Kier molecular flexibility index (Phi) is 4.48. The zero-order valence-corrected chi connectivity index (χ0v) is 15.7. The Morgan fingerprint density at radius 3 is 2.12 bits per heavy atom. The van der Waals surface area contributed by atoms with Crippen LogP contribution in [0, 0.1) is 17.8 Å². The number of hydrogen-bond donors (Lipinski definition) is 2. The van der Waals surface area contributed by atoms with Crippen LogP contribution >= 0.6 is 35.4 Å². The van der Waals surface area contributed by atoms with E-state index in [-0.39, 0.29) is 5.54 Å². The summed E-state index contributed by atoms with van der Waals surface area (Å²) in [6.07, 6.45) is 9.74. The fourth-order valence-electron chi connectivity index (χ4n) is 5.35. The molecule has 6 heteroatoms. The van der Waals surface area contributed by atoms with E-state index in [4.69, 9.17) is 35.4 Å². The number of benzene rings is 1. The molecule has 0 atom stereocenters. The second-order valence-electron chi connectivity index (χ2n) is 7.72. The number of nitrogens with zero attached hydrogens (tertiary/aromatic N) is 1. The minimum Gasteiger partial charge on any atom is -0.356 e. The average Bonchev–Trinajstić information content (AvgIpc) is 2.43. The molecule has 1 aromatic carbocycles. The Balaban J connectivity index is 1.36. The molecular weight excluding hydrogens is 361 g/mol. The summed E-state index contributed by atoms with van der Waals surface area (Å²) in [5.74, 6) is 2.68. The van der Waals surface area contributed by atoms with Crippen molar-refractivity contribution in [1.29, 1.82) is 0 Å². The highest BCUT2D eigenvalue weighted by Gasteiger charge is 2.51. The van der Waals surface area contributed by atoms with Gasteiger partial charge in [0.25, 0.3) is 0 Å². The van der Waals surface area contributed by atoms with E-state index in [1.54, 1.807) is 12.3 Å². The normalized spacial score (nSPS) is 33.8. The van der Waals surface area contributed by atoms with E-state index in [1.165, 1.54) is 38.5 Å². The van der Waals surface area contributed by atoms with Gasteiger partial charge in [-0.15, -0.1) is 0 Å². The zero-order chi connectivity index (χ0) is 16.7. The van der Waals surface area contributed by atoms with Gasteiger partial charge in [-0.05, 0) is 92.3 Å². The third-order valence-corrected chi connectivity index (χ3v) is 6.31. The van der Waals surface area contributed by atoms with Gasteiger partial charge in [0.05, 0.1) is 6.21 Å². The molecule has 0 radical (unpaired) electrons. The lowest BCUT2D eigenvalue weighted by atomic mass is 9.53. The first kappa shape index (κ1) is 16.6. The molecule has 1 aromatic rings. The van der Waals surface area contributed by atoms with Crippen molar-refractivity contribution in [3.63, 3.8) is 0 Å². The molecular formula is C18H21Cl2N3S. The summed E-state index contributed by atoms with van der Waals surface area (Å²) in [6, 6.07) is 5.33. The molecule has 0 aromatic heterocycles. The minimum absolute atomic E-state index is 0.202. The van der Waals surface area contributed by atoms with Crippen LogP contribution in [0.5, 0.6) is 0 Å². The molecule has 4 bridgehead atoms. The van der Waals surface area contributed by atoms with Gasteiger partial charge < -0.3 is 5.32 Å². The molecule has 4 fully saturated rings. The number of nitrogens with one attached hydrogen (secondary N) is 2. The van der Waals surface area contributed by atoms with E-state index in [2.05, 4.69) is 15.8 Å². The van der Waals surface area contributed by atoms with Crippen molar-refractivity contribution >= 4 is 46.7 Å². The molecule has 128 valence electrons. The van der Waals surface area contributed by atoms with Gasteiger partial charge in [-0.3, -0.25) is 5.43 Å². The third-order valence-electron chi connectivity index (χ3n) is 5.68. The third kappa shape index (κ3) is 3.56. The van der Waals surface area contributed by atoms with Crippen LogP contribution < -0.4 is 10.7 Å². The lowest BCUT2D eigenvalue weighted by Gasteiger charge is -2.57. The molecule has 4 aliphatic rings. The number of hydrogen-bond acceptors (Lipinski definition) is 2. The first-order valence-corrected chi connectivity index (χ1v) is 9.73. The van der Waals surface area contributed by atoms with Crippen LogP contribution in [0.2, 0.25) is 10.0 Å². The fraction of sp³-hybridized carbons (Fsp3) is 0.556. The largest absolute Gasteiger partial charge is 0.356 e. The maximum Gasteiger partial charge on any atom is 0.187 e. The number of hydrazone groups is 1. The summed E-state index contributed by atoms with van der Waals surface area (Å²) >= 11 is 17.4. The first-order valence-electron chi connectivity index (χ1n) is 8.57. The molecule has 3 nitrogen and oxygen atoms in total. The van der Waals surface area contributed by atoms with Gasteiger partial charge in [-0.1, -0.05) is 23.2 Å². The molecule has 0 amide bonds. The quantitative estimate of drug-likeness (QED) is 0.450. The van der Waals surface area contributed by atoms with E-state index >= 15 is 0 Å². The van der Waals surface area contributed by atoms with Gasteiger partial charge in [0.1, 0.15) is 0 Å². The van der Waals surface area contributed by atoms with E-state index < -0.39 is 0 Å². The molecule has 4 aliphatic carbocycles. The standard InChI is InChI=1S/C18H21Cl2N3S/c19-15-4-14(5-16(20)6-15)10-21-23-17(24)22-18-7-11-1-12(8-18)3-13(2-11)9-18/h4-6,10-13H,1-3,7-9H2,(H2,22,23,24). The van der Waals surface area contributed by atoms with Crippen LogP contribution in [0.25, 0.3) is 0 Å². The fourth-order valence-corrected chi connectivity index (χ4v) is 6.16. The van der Waals surface area contributed by atoms with E-state index in [9.17, 15) is 0 Å². The van der Waals surface area contributed by atoms with Gasteiger partial charge in [-0.2, -0.15) is 5.10 Å². The minimum atomic E-state index is 0.202. The van der Waals surface area contributed by atoms with Gasteiger partial charge in [0, 0.05) is 15.6 Å². The van der Waals surface area contributed by atoms with Crippen LogP contribution in [0.1, 0.15) is 44.1 Å². The lowest BCUT2D eigenvalue weighted by Crippen LogP contribution is -2.61. The Hall–Kier alpha value is -0.840. The van der Waals surface area contributed by atoms with Gasteiger partial charge in [0.2, 0.25) is 0 Å². The topological polar surface area (TPSA) is 36.4 Å². The Morgan fingerprint density at radius 1 is 1.04 bits per heavy atom.